The lowest BCUT2D eigenvalue weighted by molar-refractivity contribution is 0.474. The molecule has 0 amide bonds. The number of halogens is 1. The summed E-state index contributed by atoms with van der Waals surface area (Å²) in [5, 5.41) is 3.98. The molecule has 0 aliphatic rings. The Balaban J connectivity index is 1.90. The molecule has 1 aromatic heterocycles. The number of ether oxygens (including phenoxy) is 1. The van der Waals surface area contributed by atoms with Crippen molar-refractivity contribution in [2.45, 2.75) is 6.54 Å². The van der Waals surface area contributed by atoms with Gasteiger partial charge in [0.15, 0.2) is 0 Å². The molecule has 21 heavy (non-hydrogen) atoms. The van der Waals surface area contributed by atoms with Crippen LogP contribution in [0.3, 0.4) is 0 Å². The van der Waals surface area contributed by atoms with E-state index in [0.717, 1.165) is 16.5 Å². The van der Waals surface area contributed by atoms with Crippen LogP contribution < -0.4 is 10.1 Å². The van der Waals surface area contributed by atoms with Crippen LogP contribution in [-0.2, 0) is 6.54 Å². The van der Waals surface area contributed by atoms with Crippen LogP contribution in [0.5, 0.6) is 11.5 Å². The number of nitrogens with zero attached hydrogens (tertiary/aromatic N) is 1. The minimum Gasteiger partial charge on any atom is -0.456 e. The van der Waals surface area contributed by atoms with Crippen LogP contribution in [0.15, 0.2) is 54.7 Å². The summed E-state index contributed by atoms with van der Waals surface area (Å²) in [7, 11) is 1.82. The highest BCUT2D eigenvalue weighted by atomic mass is 19.1. The fraction of sp³-hybridized carbons (Fsp3) is 0.118. The first-order chi connectivity index (χ1) is 10.2. The van der Waals surface area contributed by atoms with Gasteiger partial charge in [-0.1, -0.05) is 18.2 Å². The van der Waals surface area contributed by atoms with Crippen LogP contribution in [-0.4, -0.2) is 12.0 Å². The van der Waals surface area contributed by atoms with Gasteiger partial charge in [0.1, 0.15) is 17.3 Å². The zero-order valence-electron chi connectivity index (χ0n) is 11.6. The van der Waals surface area contributed by atoms with Crippen molar-refractivity contribution >= 4 is 10.9 Å². The number of hydrogen-bond donors (Lipinski definition) is 1. The molecular weight excluding hydrogens is 267 g/mol. The topological polar surface area (TPSA) is 34.1 Å². The van der Waals surface area contributed by atoms with Crippen LogP contribution in [0.4, 0.5) is 4.39 Å². The maximum absolute atomic E-state index is 13.6. The van der Waals surface area contributed by atoms with Crippen LogP contribution in [0.2, 0.25) is 0 Å². The van der Waals surface area contributed by atoms with Crippen molar-refractivity contribution in [3.05, 3.63) is 66.1 Å². The fourth-order valence-electron chi connectivity index (χ4n) is 2.23. The summed E-state index contributed by atoms with van der Waals surface area (Å²) < 4.78 is 19.3. The zero-order chi connectivity index (χ0) is 14.7. The second-order valence-electron chi connectivity index (χ2n) is 4.79. The van der Waals surface area contributed by atoms with Crippen LogP contribution in [0.25, 0.3) is 10.9 Å². The third-order valence-corrected chi connectivity index (χ3v) is 3.11. The van der Waals surface area contributed by atoms with Gasteiger partial charge in [-0.25, -0.2) is 4.39 Å². The van der Waals surface area contributed by atoms with E-state index in [1.807, 2.05) is 43.4 Å². The molecule has 4 heteroatoms. The zero-order valence-corrected chi connectivity index (χ0v) is 11.6. The van der Waals surface area contributed by atoms with E-state index in [1.54, 1.807) is 6.20 Å². The van der Waals surface area contributed by atoms with Gasteiger partial charge < -0.3 is 10.1 Å². The molecule has 0 unspecified atom stereocenters. The lowest BCUT2D eigenvalue weighted by Crippen LogP contribution is -2.05. The summed E-state index contributed by atoms with van der Waals surface area (Å²) in [5.41, 5.74) is 1.74. The van der Waals surface area contributed by atoms with E-state index in [2.05, 4.69) is 10.3 Å². The minimum absolute atomic E-state index is 0.313. The number of rotatable bonds is 4. The Labute approximate surface area is 122 Å². The summed E-state index contributed by atoms with van der Waals surface area (Å²) in [6.07, 6.45) is 1.64. The number of nitrogens with one attached hydrogen (secondary N) is 1. The smallest absolute Gasteiger partial charge is 0.146 e. The number of benzene rings is 2. The highest BCUT2D eigenvalue weighted by Crippen LogP contribution is 2.25. The van der Waals surface area contributed by atoms with Crippen molar-refractivity contribution in [2.75, 3.05) is 7.05 Å². The molecule has 0 aliphatic heterocycles. The van der Waals surface area contributed by atoms with Gasteiger partial charge in [-0.2, -0.15) is 0 Å². The van der Waals surface area contributed by atoms with Crippen molar-refractivity contribution in [3.8, 4) is 11.5 Å². The van der Waals surface area contributed by atoms with Crippen molar-refractivity contribution in [3.63, 3.8) is 0 Å². The SMILES string of the molecule is CNCc1cc(F)cc(Oc2cnc3ccccc3c2)c1. The Hall–Kier alpha value is -2.46. The number of hydrogen-bond acceptors (Lipinski definition) is 3. The van der Waals surface area contributed by atoms with Crippen molar-refractivity contribution < 1.29 is 9.13 Å². The minimum atomic E-state index is -0.313. The molecule has 1 N–H and O–H groups in total. The first-order valence-electron chi connectivity index (χ1n) is 6.71. The Kier molecular flexibility index (Phi) is 3.79. The molecule has 0 radical (unpaired) electrons. The van der Waals surface area contributed by atoms with E-state index >= 15 is 0 Å². The van der Waals surface area contributed by atoms with Crippen LogP contribution in [0.1, 0.15) is 5.56 Å². The fourth-order valence-corrected chi connectivity index (χ4v) is 2.23. The normalized spacial score (nSPS) is 10.8. The predicted octanol–water partition coefficient (Wildman–Crippen LogP) is 3.89. The quantitative estimate of drug-likeness (QED) is 0.788. The highest BCUT2D eigenvalue weighted by Gasteiger charge is 2.04. The highest BCUT2D eigenvalue weighted by molar-refractivity contribution is 5.79. The maximum Gasteiger partial charge on any atom is 0.146 e. The molecule has 3 aromatic rings. The molecule has 0 aliphatic carbocycles. The van der Waals surface area contributed by atoms with Gasteiger partial charge in [-0.15, -0.1) is 0 Å². The second kappa shape index (κ2) is 5.89. The number of aromatic nitrogens is 1. The van der Waals surface area contributed by atoms with Gasteiger partial charge in [-0.3, -0.25) is 4.98 Å². The molecule has 0 atom stereocenters. The number of para-hydroxylation sites is 1. The summed E-state index contributed by atoms with van der Waals surface area (Å²) in [5.74, 6) is 0.749. The average Bonchev–Trinajstić information content (AvgIpc) is 2.47. The first kappa shape index (κ1) is 13.5. The lowest BCUT2D eigenvalue weighted by Gasteiger charge is -2.09. The molecule has 106 valence electrons. The Morgan fingerprint density at radius 3 is 2.81 bits per heavy atom. The second-order valence-corrected chi connectivity index (χ2v) is 4.79. The van der Waals surface area contributed by atoms with Crippen LogP contribution in [0, 0.1) is 5.82 Å². The van der Waals surface area contributed by atoms with E-state index < -0.39 is 0 Å². The molecular formula is C17H15FN2O. The van der Waals surface area contributed by atoms with E-state index in [9.17, 15) is 4.39 Å². The molecule has 2 aromatic carbocycles. The lowest BCUT2D eigenvalue weighted by atomic mass is 10.2. The average molecular weight is 282 g/mol. The van der Waals surface area contributed by atoms with Crippen LogP contribution >= 0.6 is 0 Å². The third kappa shape index (κ3) is 3.17. The van der Waals surface area contributed by atoms with Crippen molar-refractivity contribution in [1.29, 1.82) is 0 Å². The van der Waals surface area contributed by atoms with Gasteiger partial charge in [0.05, 0.1) is 11.7 Å². The summed E-state index contributed by atoms with van der Waals surface area (Å²) >= 11 is 0. The van der Waals surface area contributed by atoms with Gasteiger partial charge in [0, 0.05) is 18.0 Å². The van der Waals surface area contributed by atoms with E-state index in [4.69, 9.17) is 4.74 Å². The Morgan fingerprint density at radius 2 is 1.95 bits per heavy atom. The molecule has 0 bridgehead atoms. The number of pyridine rings is 1. The molecule has 0 saturated heterocycles. The predicted molar refractivity (Wildman–Crippen MR) is 81.0 cm³/mol. The largest absolute Gasteiger partial charge is 0.456 e. The van der Waals surface area contributed by atoms with Gasteiger partial charge in [0.2, 0.25) is 0 Å². The Morgan fingerprint density at radius 1 is 1.10 bits per heavy atom. The summed E-state index contributed by atoms with van der Waals surface area (Å²) in [4.78, 5) is 4.33. The molecule has 3 nitrogen and oxygen atoms in total. The molecule has 0 saturated carbocycles. The van der Waals surface area contributed by atoms with Gasteiger partial charge in [0.25, 0.3) is 0 Å². The van der Waals surface area contributed by atoms with Crippen molar-refractivity contribution in [1.82, 2.24) is 10.3 Å². The van der Waals surface area contributed by atoms with E-state index in [1.165, 1.54) is 12.1 Å². The van der Waals surface area contributed by atoms with Crippen molar-refractivity contribution in [2.24, 2.45) is 0 Å². The van der Waals surface area contributed by atoms with E-state index in [-0.39, 0.29) is 5.82 Å². The van der Waals surface area contributed by atoms with Gasteiger partial charge in [-0.05, 0) is 36.9 Å². The maximum atomic E-state index is 13.6. The van der Waals surface area contributed by atoms with E-state index in [0.29, 0.717) is 18.0 Å². The summed E-state index contributed by atoms with van der Waals surface area (Å²) in [6.45, 7) is 0.587. The molecule has 1 heterocycles. The van der Waals surface area contributed by atoms with Gasteiger partial charge >= 0.3 is 0 Å². The number of fused-ring (bicyclic) bond motifs is 1. The summed E-state index contributed by atoms with van der Waals surface area (Å²) in [6, 6.07) is 14.4. The Bertz CT molecular complexity index is 774. The molecule has 3 rings (SSSR count). The standard InChI is InChI=1S/C17H15FN2O/c1-19-10-12-6-14(18)9-15(7-12)21-16-8-13-4-2-3-5-17(13)20-11-16/h2-9,11,19H,10H2,1H3. The third-order valence-electron chi connectivity index (χ3n) is 3.11. The first-order valence-corrected chi connectivity index (χ1v) is 6.71. The monoisotopic (exact) mass is 282 g/mol. The molecule has 0 spiro atoms. The molecule has 0 fully saturated rings.